The van der Waals surface area contributed by atoms with Gasteiger partial charge in [-0.15, -0.1) is 0 Å². The van der Waals surface area contributed by atoms with E-state index in [1.807, 2.05) is 30.3 Å². The Kier molecular flexibility index (Phi) is 6.61. The maximum Gasteiger partial charge on any atom is 0.303 e. The molecule has 0 amide bonds. The van der Waals surface area contributed by atoms with Crippen molar-refractivity contribution in [2.75, 3.05) is 13.1 Å². The summed E-state index contributed by atoms with van der Waals surface area (Å²) >= 11 is 0. The molecule has 0 aliphatic carbocycles. The first-order valence-electron chi connectivity index (χ1n) is 9.25. The Morgan fingerprint density at radius 3 is 2.81 bits per heavy atom. The molecule has 0 saturated carbocycles. The van der Waals surface area contributed by atoms with Crippen LogP contribution in [0.4, 0.5) is 0 Å². The lowest BCUT2D eigenvalue weighted by Gasteiger charge is -2.32. The minimum atomic E-state index is -0.691. The number of aliphatic carboxylic acids is 1. The summed E-state index contributed by atoms with van der Waals surface area (Å²) in [4.78, 5) is 17.4. The van der Waals surface area contributed by atoms with Gasteiger partial charge < -0.3 is 9.84 Å². The maximum atomic E-state index is 10.8. The van der Waals surface area contributed by atoms with E-state index >= 15 is 0 Å². The molecule has 26 heavy (non-hydrogen) atoms. The number of piperidine rings is 1. The quantitative estimate of drug-likeness (QED) is 0.782. The normalized spacial score (nSPS) is 17.8. The van der Waals surface area contributed by atoms with E-state index in [9.17, 15) is 4.79 Å². The minimum absolute atomic E-state index is 0.279. The number of pyridine rings is 1. The Morgan fingerprint density at radius 2 is 2.08 bits per heavy atom. The zero-order valence-electron chi connectivity index (χ0n) is 15.0. The van der Waals surface area contributed by atoms with Crippen LogP contribution in [0.25, 0.3) is 0 Å². The molecule has 5 heteroatoms. The smallest absolute Gasteiger partial charge is 0.303 e. The molecule has 1 aromatic heterocycles. The van der Waals surface area contributed by atoms with Crippen molar-refractivity contribution in [1.29, 1.82) is 0 Å². The number of likely N-dealkylation sites (tertiary alicyclic amines) is 1. The standard InChI is InChI=1S/C21H26N2O3/c24-21(25)11-8-17-4-3-13-23(14-17)15-18-6-9-20(10-7-18)26-16-19-5-1-2-12-22-19/h1-2,5-7,9-10,12,17H,3-4,8,11,13-16H2,(H,24,25). The lowest BCUT2D eigenvalue weighted by molar-refractivity contribution is -0.137. The van der Waals surface area contributed by atoms with Gasteiger partial charge in [0.2, 0.25) is 0 Å². The average Bonchev–Trinajstić information content (AvgIpc) is 2.67. The van der Waals surface area contributed by atoms with Gasteiger partial charge in [0.15, 0.2) is 0 Å². The number of ether oxygens (including phenoxy) is 1. The first kappa shape index (κ1) is 18.4. The second-order valence-electron chi connectivity index (χ2n) is 6.93. The van der Waals surface area contributed by atoms with Crippen molar-refractivity contribution in [2.24, 2.45) is 5.92 Å². The van der Waals surface area contributed by atoms with E-state index in [4.69, 9.17) is 9.84 Å². The fraction of sp³-hybridized carbons (Fsp3) is 0.429. The Hall–Kier alpha value is -2.40. The third kappa shape index (κ3) is 5.85. The summed E-state index contributed by atoms with van der Waals surface area (Å²) < 4.78 is 5.78. The van der Waals surface area contributed by atoms with E-state index in [0.717, 1.165) is 50.3 Å². The summed E-state index contributed by atoms with van der Waals surface area (Å²) in [7, 11) is 0. The van der Waals surface area contributed by atoms with Gasteiger partial charge in [-0.3, -0.25) is 14.7 Å². The number of carboxylic acids is 1. The minimum Gasteiger partial charge on any atom is -0.487 e. The molecule has 2 heterocycles. The molecule has 1 aliphatic rings. The second-order valence-corrected chi connectivity index (χ2v) is 6.93. The Labute approximate surface area is 154 Å². The average molecular weight is 354 g/mol. The Morgan fingerprint density at radius 1 is 1.23 bits per heavy atom. The molecular formula is C21H26N2O3. The molecule has 1 fully saturated rings. The van der Waals surface area contributed by atoms with Crippen molar-refractivity contribution in [1.82, 2.24) is 9.88 Å². The van der Waals surface area contributed by atoms with Gasteiger partial charge in [-0.1, -0.05) is 18.2 Å². The monoisotopic (exact) mass is 354 g/mol. The summed E-state index contributed by atoms with van der Waals surface area (Å²) in [5.41, 5.74) is 2.17. The van der Waals surface area contributed by atoms with Gasteiger partial charge in [0.1, 0.15) is 12.4 Å². The van der Waals surface area contributed by atoms with Crippen molar-refractivity contribution < 1.29 is 14.6 Å². The molecule has 1 saturated heterocycles. The van der Waals surface area contributed by atoms with Crippen LogP contribution < -0.4 is 4.74 Å². The van der Waals surface area contributed by atoms with Gasteiger partial charge in [-0.05, 0) is 61.6 Å². The Balaban J connectivity index is 1.47. The number of carbonyl (C=O) groups is 1. The second kappa shape index (κ2) is 9.34. The first-order valence-corrected chi connectivity index (χ1v) is 9.25. The summed E-state index contributed by atoms with van der Waals surface area (Å²) in [6.07, 6.45) is 5.12. The van der Waals surface area contributed by atoms with Crippen LogP contribution >= 0.6 is 0 Å². The molecule has 0 radical (unpaired) electrons. The predicted octanol–water partition coefficient (Wildman–Crippen LogP) is 3.74. The van der Waals surface area contributed by atoms with E-state index in [1.54, 1.807) is 6.20 Å². The largest absolute Gasteiger partial charge is 0.487 e. The van der Waals surface area contributed by atoms with Gasteiger partial charge in [-0.2, -0.15) is 0 Å². The van der Waals surface area contributed by atoms with E-state index in [0.29, 0.717) is 12.5 Å². The molecule has 1 aromatic carbocycles. The van der Waals surface area contributed by atoms with Gasteiger partial charge >= 0.3 is 5.97 Å². The lowest BCUT2D eigenvalue weighted by atomic mass is 9.93. The van der Waals surface area contributed by atoms with Gasteiger partial charge in [0, 0.05) is 25.7 Å². The van der Waals surface area contributed by atoms with Crippen molar-refractivity contribution in [2.45, 2.75) is 38.8 Å². The molecule has 3 rings (SSSR count). The predicted molar refractivity (Wildman–Crippen MR) is 99.9 cm³/mol. The van der Waals surface area contributed by atoms with Crippen LogP contribution in [0, 0.1) is 5.92 Å². The number of aromatic nitrogens is 1. The summed E-state index contributed by atoms with van der Waals surface area (Å²) in [5.74, 6) is 0.654. The molecule has 0 bridgehead atoms. The highest BCUT2D eigenvalue weighted by Crippen LogP contribution is 2.23. The molecule has 1 N–H and O–H groups in total. The number of hydrogen-bond acceptors (Lipinski definition) is 4. The van der Waals surface area contributed by atoms with Crippen LogP contribution in [-0.4, -0.2) is 34.0 Å². The summed E-state index contributed by atoms with van der Waals surface area (Å²) in [6.45, 7) is 3.45. The zero-order chi connectivity index (χ0) is 18.2. The third-order valence-electron chi connectivity index (χ3n) is 4.81. The summed E-state index contributed by atoms with van der Waals surface area (Å²) in [6, 6.07) is 14.0. The van der Waals surface area contributed by atoms with Crippen LogP contribution in [0.5, 0.6) is 5.75 Å². The van der Waals surface area contributed by atoms with E-state index in [2.05, 4.69) is 22.0 Å². The van der Waals surface area contributed by atoms with E-state index < -0.39 is 5.97 Å². The topological polar surface area (TPSA) is 62.7 Å². The van der Waals surface area contributed by atoms with Crippen LogP contribution in [0.15, 0.2) is 48.7 Å². The molecule has 1 unspecified atom stereocenters. The number of benzene rings is 1. The molecule has 5 nitrogen and oxygen atoms in total. The number of rotatable bonds is 8. The molecule has 2 aromatic rings. The number of carboxylic acid groups (broad SMARTS) is 1. The van der Waals surface area contributed by atoms with E-state index in [1.165, 1.54) is 5.56 Å². The molecule has 138 valence electrons. The molecule has 1 aliphatic heterocycles. The van der Waals surface area contributed by atoms with Crippen molar-refractivity contribution in [3.63, 3.8) is 0 Å². The van der Waals surface area contributed by atoms with Crippen LogP contribution in [0.3, 0.4) is 0 Å². The van der Waals surface area contributed by atoms with Gasteiger partial charge in [-0.25, -0.2) is 0 Å². The highest BCUT2D eigenvalue weighted by Gasteiger charge is 2.20. The SMILES string of the molecule is O=C(O)CCC1CCCN(Cc2ccc(OCc3ccccn3)cc2)C1. The summed E-state index contributed by atoms with van der Waals surface area (Å²) in [5, 5.41) is 8.86. The van der Waals surface area contributed by atoms with Crippen molar-refractivity contribution >= 4 is 5.97 Å². The van der Waals surface area contributed by atoms with Crippen molar-refractivity contribution in [3.8, 4) is 5.75 Å². The fourth-order valence-corrected chi connectivity index (χ4v) is 3.45. The molecular weight excluding hydrogens is 328 g/mol. The van der Waals surface area contributed by atoms with Crippen LogP contribution in [-0.2, 0) is 17.9 Å². The van der Waals surface area contributed by atoms with Crippen LogP contribution in [0.2, 0.25) is 0 Å². The highest BCUT2D eigenvalue weighted by molar-refractivity contribution is 5.66. The first-order chi connectivity index (χ1) is 12.7. The number of hydrogen-bond donors (Lipinski definition) is 1. The van der Waals surface area contributed by atoms with Gasteiger partial charge in [0.05, 0.1) is 5.69 Å². The fourth-order valence-electron chi connectivity index (χ4n) is 3.45. The lowest BCUT2D eigenvalue weighted by Crippen LogP contribution is -2.35. The zero-order valence-corrected chi connectivity index (χ0v) is 15.0. The highest BCUT2D eigenvalue weighted by atomic mass is 16.5. The Bertz CT molecular complexity index is 688. The maximum absolute atomic E-state index is 10.8. The van der Waals surface area contributed by atoms with E-state index in [-0.39, 0.29) is 6.42 Å². The number of nitrogens with zero attached hydrogens (tertiary/aromatic N) is 2. The molecule has 0 spiro atoms. The van der Waals surface area contributed by atoms with Crippen LogP contribution in [0.1, 0.15) is 36.9 Å². The van der Waals surface area contributed by atoms with Gasteiger partial charge in [0.25, 0.3) is 0 Å². The third-order valence-corrected chi connectivity index (χ3v) is 4.81. The van der Waals surface area contributed by atoms with Crippen molar-refractivity contribution in [3.05, 3.63) is 59.9 Å². The molecule has 1 atom stereocenters.